The van der Waals surface area contributed by atoms with Crippen LogP contribution in [0.4, 0.5) is 10.1 Å². The molecule has 0 radical (unpaired) electrons. The molecule has 1 fully saturated rings. The first kappa shape index (κ1) is 14.3. The smallest absolute Gasteiger partial charge is 0.146 e. The summed E-state index contributed by atoms with van der Waals surface area (Å²) in [6.07, 6.45) is 1.04. The summed E-state index contributed by atoms with van der Waals surface area (Å²) in [6, 6.07) is 5.90. The Kier molecular flexibility index (Phi) is 5.22. The maximum Gasteiger partial charge on any atom is 0.146 e. The van der Waals surface area contributed by atoms with Gasteiger partial charge in [0.15, 0.2) is 0 Å². The Morgan fingerprint density at radius 1 is 1.47 bits per heavy atom. The van der Waals surface area contributed by atoms with Crippen molar-refractivity contribution in [3.05, 3.63) is 29.6 Å². The lowest BCUT2D eigenvalue weighted by Gasteiger charge is -2.37. The number of benzene rings is 1. The molecule has 1 N–H and O–H groups in total. The van der Waals surface area contributed by atoms with Crippen molar-refractivity contribution in [1.29, 1.82) is 0 Å². The van der Waals surface area contributed by atoms with Gasteiger partial charge in [-0.15, -0.1) is 12.4 Å². The van der Waals surface area contributed by atoms with Gasteiger partial charge in [-0.1, -0.05) is 13.0 Å². The van der Waals surface area contributed by atoms with Gasteiger partial charge >= 0.3 is 0 Å². The summed E-state index contributed by atoms with van der Waals surface area (Å²) in [6.45, 7) is 6.84. The van der Waals surface area contributed by atoms with Crippen LogP contribution < -0.4 is 10.2 Å². The van der Waals surface area contributed by atoms with Gasteiger partial charge in [-0.25, -0.2) is 4.39 Å². The Morgan fingerprint density at radius 2 is 2.24 bits per heavy atom. The number of nitrogens with one attached hydrogen (secondary N) is 1. The first-order valence-electron chi connectivity index (χ1n) is 5.96. The standard InChI is InChI=1S/C13H19FN2.ClH/c1-3-11-9-15-6-7-16(11)13-5-4-10(2)8-12(13)14;/h4-5,8,11,15H,3,6-7,9H2,1-2H3;1H. The molecule has 0 saturated carbocycles. The fourth-order valence-electron chi connectivity index (χ4n) is 2.29. The predicted molar refractivity (Wildman–Crippen MR) is 72.7 cm³/mol. The normalized spacial score (nSPS) is 19.9. The Bertz CT molecular complexity index is 370. The van der Waals surface area contributed by atoms with E-state index in [0.717, 1.165) is 37.3 Å². The molecule has 1 aliphatic heterocycles. The topological polar surface area (TPSA) is 15.3 Å². The van der Waals surface area contributed by atoms with Crippen molar-refractivity contribution in [2.45, 2.75) is 26.3 Å². The molecule has 0 aliphatic carbocycles. The summed E-state index contributed by atoms with van der Waals surface area (Å²) >= 11 is 0. The molecule has 1 aliphatic rings. The summed E-state index contributed by atoms with van der Waals surface area (Å²) < 4.78 is 13.9. The van der Waals surface area contributed by atoms with Gasteiger partial charge in [0.1, 0.15) is 5.82 Å². The largest absolute Gasteiger partial charge is 0.364 e. The molecule has 0 bridgehead atoms. The average Bonchev–Trinajstić information content (AvgIpc) is 2.29. The van der Waals surface area contributed by atoms with Crippen LogP contribution in [0.15, 0.2) is 18.2 Å². The Balaban J connectivity index is 0.00000144. The summed E-state index contributed by atoms with van der Waals surface area (Å²) in [7, 11) is 0. The molecule has 1 unspecified atom stereocenters. The number of piperazine rings is 1. The van der Waals surface area contributed by atoms with Crippen LogP contribution in [0.5, 0.6) is 0 Å². The number of hydrogen-bond acceptors (Lipinski definition) is 2. The molecule has 4 heteroatoms. The fraction of sp³-hybridized carbons (Fsp3) is 0.538. The van der Waals surface area contributed by atoms with Crippen LogP contribution in [0.1, 0.15) is 18.9 Å². The molecular weight excluding hydrogens is 239 g/mol. The van der Waals surface area contributed by atoms with Gasteiger partial charge in [-0.3, -0.25) is 0 Å². The maximum atomic E-state index is 13.9. The summed E-state index contributed by atoms with van der Waals surface area (Å²) in [4.78, 5) is 2.19. The van der Waals surface area contributed by atoms with Crippen LogP contribution in [0.25, 0.3) is 0 Å². The number of halogens is 2. The monoisotopic (exact) mass is 258 g/mol. The molecule has 1 heterocycles. The van der Waals surface area contributed by atoms with Gasteiger partial charge < -0.3 is 10.2 Å². The predicted octanol–water partition coefficient (Wildman–Crippen LogP) is 2.74. The van der Waals surface area contributed by atoms with E-state index in [1.807, 2.05) is 19.1 Å². The van der Waals surface area contributed by atoms with E-state index >= 15 is 0 Å². The quantitative estimate of drug-likeness (QED) is 0.878. The molecule has 1 atom stereocenters. The van der Waals surface area contributed by atoms with Crippen LogP contribution in [0.2, 0.25) is 0 Å². The van der Waals surface area contributed by atoms with Crippen molar-refractivity contribution >= 4 is 18.1 Å². The van der Waals surface area contributed by atoms with Crippen molar-refractivity contribution < 1.29 is 4.39 Å². The molecule has 1 aromatic rings. The van der Waals surface area contributed by atoms with Crippen LogP contribution in [-0.2, 0) is 0 Å². The van der Waals surface area contributed by atoms with E-state index in [1.54, 1.807) is 6.07 Å². The zero-order chi connectivity index (χ0) is 11.5. The third-order valence-corrected chi connectivity index (χ3v) is 3.23. The Hall–Kier alpha value is -0.800. The molecule has 96 valence electrons. The van der Waals surface area contributed by atoms with Crippen LogP contribution in [0, 0.1) is 12.7 Å². The number of anilines is 1. The highest BCUT2D eigenvalue weighted by Crippen LogP contribution is 2.24. The van der Waals surface area contributed by atoms with Crippen molar-refractivity contribution in [3.63, 3.8) is 0 Å². The first-order valence-corrected chi connectivity index (χ1v) is 5.96. The zero-order valence-corrected chi connectivity index (χ0v) is 11.2. The van der Waals surface area contributed by atoms with E-state index in [1.165, 1.54) is 0 Å². The molecule has 1 aromatic carbocycles. The third kappa shape index (κ3) is 3.11. The molecule has 17 heavy (non-hydrogen) atoms. The molecule has 0 spiro atoms. The Labute approximate surface area is 109 Å². The SMILES string of the molecule is CCC1CNCCN1c1ccc(C)cc1F.Cl. The minimum absolute atomic E-state index is 0. The fourth-order valence-corrected chi connectivity index (χ4v) is 2.29. The van der Waals surface area contributed by atoms with Gasteiger partial charge in [-0.05, 0) is 31.0 Å². The van der Waals surface area contributed by atoms with Gasteiger partial charge in [0.05, 0.1) is 5.69 Å². The number of nitrogens with zero attached hydrogens (tertiary/aromatic N) is 1. The van der Waals surface area contributed by atoms with Crippen molar-refractivity contribution in [2.24, 2.45) is 0 Å². The molecule has 1 saturated heterocycles. The van der Waals surface area contributed by atoms with Crippen molar-refractivity contribution in [2.75, 3.05) is 24.5 Å². The van der Waals surface area contributed by atoms with Crippen molar-refractivity contribution in [1.82, 2.24) is 5.32 Å². The zero-order valence-electron chi connectivity index (χ0n) is 10.4. The summed E-state index contributed by atoms with van der Waals surface area (Å²) in [5.41, 5.74) is 1.73. The lowest BCUT2D eigenvalue weighted by molar-refractivity contribution is 0.459. The molecule has 2 nitrogen and oxygen atoms in total. The van der Waals surface area contributed by atoms with Crippen LogP contribution in [0.3, 0.4) is 0 Å². The highest BCUT2D eigenvalue weighted by Gasteiger charge is 2.22. The Morgan fingerprint density at radius 3 is 2.88 bits per heavy atom. The number of hydrogen-bond donors (Lipinski definition) is 1. The summed E-state index contributed by atoms with van der Waals surface area (Å²) in [5, 5.41) is 3.35. The van der Waals surface area contributed by atoms with Crippen LogP contribution >= 0.6 is 12.4 Å². The van der Waals surface area contributed by atoms with E-state index in [2.05, 4.69) is 17.1 Å². The second kappa shape index (κ2) is 6.22. The van der Waals surface area contributed by atoms with Crippen LogP contribution in [-0.4, -0.2) is 25.7 Å². The average molecular weight is 259 g/mol. The molecule has 0 aromatic heterocycles. The highest BCUT2D eigenvalue weighted by atomic mass is 35.5. The van der Waals surface area contributed by atoms with Gasteiger partial charge in [0.2, 0.25) is 0 Å². The third-order valence-electron chi connectivity index (χ3n) is 3.23. The maximum absolute atomic E-state index is 13.9. The summed E-state index contributed by atoms with van der Waals surface area (Å²) in [5.74, 6) is -0.0969. The van der Waals surface area contributed by atoms with E-state index in [4.69, 9.17) is 0 Å². The van der Waals surface area contributed by atoms with E-state index in [9.17, 15) is 4.39 Å². The second-order valence-corrected chi connectivity index (χ2v) is 4.41. The van der Waals surface area contributed by atoms with E-state index < -0.39 is 0 Å². The minimum Gasteiger partial charge on any atom is -0.364 e. The van der Waals surface area contributed by atoms with Gasteiger partial charge in [-0.2, -0.15) is 0 Å². The highest BCUT2D eigenvalue weighted by molar-refractivity contribution is 5.85. The van der Waals surface area contributed by atoms with E-state index in [-0.39, 0.29) is 18.2 Å². The molecule has 2 rings (SSSR count). The van der Waals surface area contributed by atoms with E-state index in [0.29, 0.717) is 6.04 Å². The lowest BCUT2D eigenvalue weighted by atomic mass is 10.1. The van der Waals surface area contributed by atoms with Gasteiger partial charge in [0, 0.05) is 25.7 Å². The molecular formula is C13H20ClFN2. The lowest BCUT2D eigenvalue weighted by Crippen LogP contribution is -2.51. The first-order chi connectivity index (χ1) is 7.72. The molecule has 0 amide bonds. The minimum atomic E-state index is -0.0969. The van der Waals surface area contributed by atoms with Crippen molar-refractivity contribution in [3.8, 4) is 0 Å². The number of aryl methyl sites for hydroxylation is 1. The van der Waals surface area contributed by atoms with Gasteiger partial charge in [0.25, 0.3) is 0 Å². The number of rotatable bonds is 2. The second-order valence-electron chi connectivity index (χ2n) is 4.41.